The lowest BCUT2D eigenvalue weighted by Crippen LogP contribution is -2.54. The molecule has 0 saturated carbocycles. The van der Waals surface area contributed by atoms with Crippen LogP contribution in [-0.4, -0.2) is 53.1 Å². The Kier molecular flexibility index (Phi) is 4.61. The van der Waals surface area contributed by atoms with Crippen LogP contribution in [0, 0.1) is 11.3 Å². The van der Waals surface area contributed by atoms with Gasteiger partial charge in [0.15, 0.2) is 0 Å². The quantitative estimate of drug-likeness (QED) is 0.880. The minimum absolute atomic E-state index is 0.0213. The molecule has 3 saturated heterocycles. The summed E-state index contributed by atoms with van der Waals surface area (Å²) >= 11 is 1.90. The third-order valence-electron chi connectivity index (χ3n) is 5.64. The van der Waals surface area contributed by atoms with Crippen molar-refractivity contribution in [3.8, 4) is 6.07 Å². The molecular formula is C19H24N4OS. The summed E-state index contributed by atoms with van der Waals surface area (Å²) < 4.78 is 0. The van der Waals surface area contributed by atoms with Crippen LogP contribution in [0.5, 0.6) is 0 Å². The molecule has 0 aliphatic carbocycles. The molecule has 1 N–H and O–H groups in total. The van der Waals surface area contributed by atoms with Gasteiger partial charge in [0.05, 0.1) is 17.0 Å². The van der Waals surface area contributed by atoms with Gasteiger partial charge in [-0.15, -0.1) is 11.8 Å². The van der Waals surface area contributed by atoms with Gasteiger partial charge in [0.25, 0.3) is 0 Å². The highest BCUT2D eigenvalue weighted by Gasteiger charge is 2.46. The number of carbonyl (C=O) groups is 1. The average molecular weight is 356 g/mol. The number of nitrogens with zero attached hydrogens (tertiary/aromatic N) is 3. The first-order valence-corrected chi connectivity index (χ1v) is 10.1. The first-order chi connectivity index (χ1) is 12.2. The molecule has 6 heteroatoms. The van der Waals surface area contributed by atoms with E-state index < -0.39 is 0 Å². The van der Waals surface area contributed by atoms with Crippen LogP contribution in [0.2, 0.25) is 0 Å². The third-order valence-corrected chi connectivity index (χ3v) is 7.22. The van der Waals surface area contributed by atoms with Crippen molar-refractivity contribution < 1.29 is 4.79 Å². The first kappa shape index (κ1) is 16.7. The van der Waals surface area contributed by atoms with Gasteiger partial charge in [-0.2, -0.15) is 5.26 Å². The van der Waals surface area contributed by atoms with Crippen molar-refractivity contribution in [3.05, 3.63) is 30.3 Å². The monoisotopic (exact) mass is 356 g/mol. The minimum atomic E-state index is -0.226. The SMILES string of the molecule is N#C[C@@H]1CCCN1C(=O)[C@@H]1CSC2(CCN(c3ccccc3)CC2)N1. The van der Waals surface area contributed by atoms with E-state index in [9.17, 15) is 10.1 Å². The van der Waals surface area contributed by atoms with E-state index in [-0.39, 0.29) is 22.9 Å². The molecule has 3 aliphatic rings. The minimum Gasteiger partial charge on any atom is -0.371 e. The number of thioether (sulfide) groups is 1. The molecule has 1 aromatic rings. The van der Waals surface area contributed by atoms with Crippen molar-refractivity contribution >= 4 is 23.4 Å². The van der Waals surface area contributed by atoms with Crippen LogP contribution in [0.3, 0.4) is 0 Å². The van der Waals surface area contributed by atoms with E-state index in [1.807, 2.05) is 17.8 Å². The molecular weight excluding hydrogens is 332 g/mol. The number of benzene rings is 1. The highest BCUT2D eigenvalue weighted by Crippen LogP contribution is 2.40. The summed E-state index contributed by atoms with van der Waals surface area (Å²) in [5.74, 6) is 0.942. The zero-order chi connectivity index (χ0) is 17.3. The highest BCUT2D eigenvalue weighted by molar-refractivity contribution is 8.01. The van der Waals surface area contributed by atoms with Crippen molar-refractivity contribution in [2.45, 2.75) is 42.6 Å². The van der Waals surface area contributed by atoms with Gasteiger partial charge in [-0.05, 0) is 37.8 Å². The Bertz CT molecular complexity index is 666. The van der Waals surface area contributed by atoms with E-state index in [4.69, 9.17) is 0 Å². The van der Waals surface area contributed by atoms with Crippen LogP contribution in [0.1, 0.15) is 25.7 Å². The molecule has 3 fully saturated rings. The number of hydrogen-bond donors (Lipinski definition) is 1. The molecule has 2 atom stereocenters. The number of likely N-dealkylation sites (tertiary alicyclic amines) is 1. The Morgan fingerprint density at radius 3 is 2.72 bits per heavy atom. The number of anilines is 1. The lowest BCUT2D eigenvalue weighted by atomic mass is 10.0. The highest BCUT2D eigenvalue weighted by atomic mass is 32.2. The number of amides is 1. The molecule has 132 valence electrons. The van der Waals surface area contributed by atoms with Gasteiger partial charge < -0.3 is 9.80 Å². The molecule has 1 aromatic carbocycles. The summed E-state index contributed by atoms with van der Waals surface area (Å²) in [6, 6.07) is 12.4. The second-order valence-electron chi connectivity index (χ2n) is 7.14. The summed E-state index contributed by atoms with van der Waals surface area (Å²) in [7, 11) is 0. The van der Waals surface area contributed by atoms with Crippen molar-refractivity contribution in [2.75, 3.05) is 30.3 Å². The number of rotatable bonds is 2. The molecule has 4 rings (SSSR count). The van der Waals surface area contributed by atoms with Gasteiger partial charge in [-0.3, -0.25) is 10.1 Å². The van der Waals surface area contributed by atoms with Gasteiger partial charge >= 0.3 is 0 Å². The Morgan fingerprint density at radius 1 is 1.24 bits per heavy atom. The summed E-state index contributed by atoms with van der Waals surface area (Å²) in [6.45, 7) is 2.75. The number of nitrogens with one attached hydrogen (secondary N) is 1. The summed E-state index contributed by atoms with van der Waals surface area (Å²) in [5.41, 5.74) is 1.28. The molecule has 3 heterocycles. The van der Waals surface area contributed by atoms with Crippen LogP contribution in [0.15, 0.2) is 30.3 Å². The normalized spacial score (nSPS) is 28.3. The largest absolute Gasteiger partial charge is 0.371 e. The zero-order valence-corrected chi connectivity index (χ0v) is 15.2. The number of hydrogen-bond acceptors (Lipinski definition) is 5. The van der Waals surface area contributed by atoms with Gasteiger partial charge in [-0.25, -0.2) is 0 Å². The van der Waals surface area contributed by atoms with Crippen LogP contribution < -0.4 is 10.2 Å². The summed E-state index contributed by atoms with van der Waals surface area (Å²) in [5, 5.41) is 12.9. The fourth-order valence-corrected chi connectivity index (χ4v) is 5.60. The van der Waals surface area contributed by atoms with E-state index >= 15 is 0 Å². The average Bonchev–Trinajstić information content (AvgIpc) is 3.30. The molecule has 0 radical (unpaired) electrons. The fourth-order valence-electron chi connectivity index (χ4n) is 4.20. The molecule has 1 amide bonds. The van der Waals surface area contributed by atoms with E-state index in [1.54, 1.807) is 4.90 Å². The second kappa shape index (κ2) is 6.89. The van der Waals surface area contributed by atoms with E-state index in [1.165, 1.54) is 5.69 Å². The maximum Gasteiger partial charge on any atom is 0.241 e. The van der Waals surface area contributed by atoms with Crippen molar-refractivity contribution in [1.82, 2.24) is 10.2 Å². The van der Waals surface area contributed by atoms with Gasteiger partial charge in [0, 0.05) is 31.1 Å². The van der Waals surface area contributed by atoms with Crippen molar-refractivity contribution in [2.24, 2.45) is 0 Å². The number of nitriles is 1. The second-order valence-corrected chi connectivity index (χ2v) is 8.55. The Labute approximate surface area is 153 Å². The van der Waals surface area contributed by atoms with Crippen LogP contribution in [0.4, 0.5) is 5.69 Å². The van der Waals surface area contributed by atoms with E-state index in [0.717, 1.165) is 51.1 Å². The first-order valence-electron chi connectivity index (χ1n) is 9.12. The molecule has 0 aromatic heterocycles. The van der Waals surface area contributed by atoms with Gasteiger partial charge in [0.2, 0.25) is 5.91 Å². The lowest BCUT2D eigenvalue weighted by molar-refractivity contribution is -0.132. The zero-order valence-electron chi connectivity index (χ0n) is 14.4. The molecule has 5 nitrogen and oxygen atoms in total. The Morgan fingerprint density at radius 2 is 2.00 bits per heavy atom. The standard InChI is InChI=1S/C19H24N4OS/c20-13-16-7-4-10-23(16)18(24)17-14-25-19(21-17)8-11-22(12-9-19)15-5-2-1-3-6-15/h1-3,5-6,16-17,21H,4,7-12,14H2/t16-,17-/m0/s1. The molecule has 1 spiro atoms. The third kappa shape index (κ3) is 3.23. The summed E-state index contributed by atoms with van der Waals surface area (Å²) in [6.07, 6.45) is 3.84. The maximum absolute atomic E-state index is 12.8. The number of piperidine rings is 1. The fraction of sp³-hybridized carbons (Fsp3) is 0.579. The smallest absolute Gasteiger partial charge is 0.241 e. The van der Waals surface area contributed by atoms with Crippen LogP contribution in [0.25, 0.3) is 0 Å². The Hall–Kier alpha value is -1.71. The predicted octanol–water partition coefficient (Wildman–Crippen LogP) is 2.20. The van der Waals surface area contributed by atoms with Crippen LogP contribution >= 0.6 is 11.8 Å². The van der Waals surface area contributed by atoms with Crippen LogP contribution in [-0.2, 0) is 4.79 Å². The van der Waals surface area contributed by atoms with Crippen molar-refractivity contribution in [3.63, 3.8) is 0 Å². The Balaban J connectivity index is 1.36. The molecule has 3 aliphatic heterocycles. The van der Waals surface area contributed by atoms with E-state index in [2.05, 4.69) is 40.6 Å². The maximum atomic E-state index is 12.8. The molecule has 0 unspecified atom stereocenters. The molecule has 0 bridgehead atoms. The number of carbonyl (C=O) groups excluding carboxylic acids is 1. The lowest BCUT2D eigenvalue weighted by Gasteiger charge is -2.40. The number of para-hydroxylation sites is 1. The molecule has 25 heavy (non-hydrogen) atoms. The summed E-state index contributed by atoms with van der Waals surface area (Å²) in [4.78, 5) is 17.1. The van der Waals surface area contributed by atoms with E-state index in [0.29, 0.717) is 0 Å². The predicted molar refractivity (Wildman–Crippen MR) is 100 cm³/mol. The topological polar surface area (TPSA) is 59.4 Å². The van der Waals surface area contributed by atoms with Gasteiger partial charge in [-0.1, -0.05) is 18.2 Å². The van der Waals surface area contributed by atoms with Crippen molar-refractivity contribution in [1.29, 1.82) is 5.26 Å². The van der Waals surface area contributed by atoms with Gasteiger partial charge in [0.1, 0.15) is 6.04 Å².